The number of aromatic amines is 2. The maximum absolute atomic E-state index is 13.7. The van der Waals surface area contributed by atoms with Crippen LogP contribution in [0.3, 0.4) is 0 Å². The highest BCUT2D eigenvalue weighted by Crippen LogP contribution is 2.35. The molecule has 17 nitrogen and oxygen atoms in total. The van der Waals surface area contributed by atoms with Gasteiger partial charge in [0.1, 0.15) is 23.7 Å². The summed E-state index contributed by atoms with van der Waals surface area (Å²) in [4.78, 5) is 76.2. The molecule has 2 aromatic carbocycles. The van der Waals surface area contributed by atoms with Crippen LogP contribution in [0.1, 0.15) is 63.3 Å². The van der Waals surface area contributed by atoms with Crippen molar-refractivity contribution in [3.63, 3.8) is 0 Å². The number of aromatic nitrogens is 5. The van der Waals surface area contributed by atoms with Crippen LogP contribution in [0.15, 0.2) is 54.9 Å². The molecule has 7 rings (SSSR count). The predicted molar refractivity (Wildman–Crippen MR) is 213 cm³/mol. The first-order chi connectivity index (χ1) is 28.0. The molecule has 0 bridgehead atoms. The SMILES string of the molecule is COC(=O)NC(C(=O)N1CCC[C@H]1c1ncc(-c2ccc3cc(-c4ccc5nc([C@@H]6CCCN6C(=O)[C@@H](NC(=O)OC)[C@@H](C)OC)[nH]c5c4)ncc3c2)[nH]1)[C@@H](C)OC. The smallest absolute Gasteiger partial charge is 0.407 e. The standard InChI is InChI=1S/C41H49N9O8/c1-22(55-3)34(47-40(53)57-5)38(51)49-15-7-9-32(49)36-43-21-31(46-36)25-12-11-24-18-29(42-20-27(24)17-25)26-13-14-28-30(19-26)45-37(44-28)33-10-8-16-50(33)39(52)35(23(2)56-4)48-41(54)58-6/h11-14,17-23,32-35H,7-10,15-16H2,1-6H3,(H,43,46)(H,44,45)(H,47,53)(H,48,54)/t22-,23-,32+,33+,34?,35+/m1/s1. The third kappa shape index (κ3) is 8.04. The number of benzene rings is 2. The Balaban J connectivity index is 1.07. The number of nitrogens with zero attached hydrogens (tertiary/aromatic N) is 5. The van der Waals surface area contributed by atoms with Gasteiger partial charge in [-0.15, -0.1) is 0 Å². The van der Waals surface area contributed by atoms with Crippen LogP contribution in [0.25, 0.3) is 44.3 Å². The zero-order valence-electron chi connectivity index (χ0n) is 33.4. The number of carbonyl (C=O) groups is 4. The van der Waals surface area contributed by atoms with Crippen molar-refractivity contribution in [2.75, 3.05) is 41.5 Å². The Morgan fingerprint density at radius 1 is 0.707 bits per heavy atom. The second kappa shape index (κ2) is 17.2. The summed E-state index contributed by atoms with van der Waals surface area (Å²) in [6.45, 7) is 4.51. The van der Waals surface area contributed by atoms with E-state index >= 15 is 0 Å². The normalized spacial score (nSPS) is 18.9. The van der Waals surface area contributed by atoms with Gasteiger partial charge in [-0.05, 0) is 69.2 Å². The van der Waals surface area contributed by atoms with E-state index in [-0.39, 0.29) is 23.9 Å². The molecule has 3 aromatic heterocycles. The quantitative estimate of drug-likeness (QED) is 0.132. The monoisotopic (exact) mass is 795 g/mol. The summed E-state index contributed by atoms with van der Waals surface area (Å²) >= 11 is 0. The molecule has 4 amide bonds. The van der Waals surface area contributed by atoms with Crippen molar-refractivity contribution >= 4 is 45.8 Å². The molecule has 306 valence electrons. The van der Waals surface area contributed by atoms with Crippen LogP contribution >= 0.6 is 0 Å². The van der Waals surface area contributed by atoms with E-state index in [1.165, 1.54) is 28.4 Å². The zero-order valence-corrected chi connectivity index (χ0v) is 33.4. The van der Waals surface area contributed by atoms with Crippen molar-refractivity contribution < 1.29 is 38.1 Å². The van der Waals surface area contributed by atoms with Crippen molar-refractivity contribution in [3.8, 4) is 22.5 Å². The number of likely N-dealkylation sites (tertiary alicyclic amines) is 2. The number of ether oxygens (including phenoxy) is 4. The molecular formula is C41H49N9O8. The van der Waals surface area contributed by atoms with Crippen LogP contribution in [0, 0.1) is 0 Å². The Kier molecular flexibility index (Phi) is 11.9. The van der Waals surface area contributed by atoms with Gasteiger partial charge in [0.15, 0.2) is 0 Å². The molecule has 2 saturated heterocycles. The van der Waals surface area contributed by atoms with Crippen molar-refractivity contribution in [1.29, 1.82) is 0 Å². The van der Waals surface area contributed by atoms with Crippen molar-refractivity contribution in [2.24, 2.45) is 0 Å². The van der Waals surface area contributed by atoms with E-state index in [4.69, 9.17) is 28.9 Å². The van der Waals surface area contributed by atoms with Gasteiger partial charge in [0.2, 0.25) is 11.8 Å². The molecule has 6 atom stereocenters. The van der Waals surface area contributed by atoms with Gasteiger partial charge in [-0.2, -0.15) is 0 Å². The Morgan fingerprint density at radius 3 is 1.91 bits per heavy atom. The van der Waals surface area contributed by atoms with Gasteiger partial charge in [-0.1, -0.05) is 18.2 Å². The van der Waals surface area contributed by atoms with Gasteiger partial charge in [0.05, 0.1) is 67.1 Å². The first-order valence-electron chi connectivity index (χ1n) is 19.3. The summed E-state index contributed by atoms with van der Waals surface area (Å²) < 4.78 is 20.3. The second-order valence-corrected chi connectivity index (χ2v) is 14.7. The predicted octanol–water partition coefficient (Wildman–Crippen LogP) is 5.01. The fourth-order valence-electron chi connectivity index (χ4n) is 7.86. The number of alkyl carbamates (subject to hydrolysis) is 2. The topological polar surface area (TPSA) is 206 Å². The lowest BCUT2D eigenvalue weighted by molar-refractivity contribution is -0.138. The number of fused-ring (bicyclic) bond motifs is 2. The van der Waals surface area contributed by atoms with Gasteiger partial charge in [0.25, 0.3) is 0 Å². The lowest BCUT2D eigenvalue weighted by Gasteiger charge is -2.30. The van der Waals surface area contributed by atoms with Gasteiger partial charge in [-0.25, -0.2) is 19.6 Å². The summed E-state index contributed by atoms with van der Waals surface area (Å²) in [5.41, 5.74) is 5.01. The highest BCUT2D eigenvalue weighted by atomic mass is 16.5. The number of amides is 4. The van der Waals surface area contributed by atoms with Crippen molar-refractivity contribution in [1.82, 2.24) is 45.4 Å². The maximum atomic E-state index is 13.7. The molecule has 2 fully saturated rings. The highest BCUT2D eigenvalue weighted by molar-refractivity contribution is 5.91. The minimum atomic E-state index is -0.913. The largest absolute Gasteiger partial charge is 0.453 e. The molecule has 0 saturated carbocycles. The van der Waals surface area contributed by atoms with Crippen molar-refractivity contribution in [3.05, 3.63) is 66.5 Å². The van der Waals surface area contributed by atoms with Crippen LogP contribution in [-0.2, 0) is 28.5 Å². The molecule has 4 N–H and O–H groups in total. The highest BCUT2D eigenvalue weighted by Gasteiger charge is 2.40. The van der Waals surface area contributed by atoms with Crippen LogP contribution in [0.5, 0.6) is 0 Å². The van der Waals surface area contributed by atoms with Gasteiger partial charge >= 0.3 is 12.2 Å². The molecule has 2 aliphatic rings. The molecule has 2 aliphatic heterocycles. The number of carbonyl (C=O) groups excluding carboxylic acids is 4. The number of rotatable bonds is 12. The molecule has 5 heterocycles. The number of hydrogen-bond acceptors (Lipinski definition) is 11. The lowest BCUT2D eigenvalue weighted by Crippen LogP contribution is -2.54. The minimum Gasteiger partial charge on any atom is -0.453 e. The first kappa shape index (κ1) is 40.1. The van der Waals surface area contributed by atoms with E-state index in [2.05, 4.69) is 31.7 Å². The minimum absolute atomic E-state index is 0.259. The fourth-order valence-corrected chi connectivity index (χ4v) is 7.86. The van der Waals surface area contributed by atoms with Crippen LogP contribution in [0.4, 0.5) is 9.59 Å². The molecule has 0 radical (unpaired) electrons. The summed E-state index contributed by atoms with van der Waals surface area (Å²) in [6.07, 6.45) is 4.12. The molecule has 0 spiro atoms. The van der Waals surface area contributed by atoms with E-state index in [0.717, 1.165) is 70.0 Å². The summed E-state index contributed by atoms with van der Waals surface area (Å²) in [6, 6.07) is 11.7. The molecule has 1 unspecified atom stereocenters. The van der Waals surface area contributed by atoms with E-state index in [1.807, 2.05) is 42.6 Å². The van der Waals surface area contributed by atoms with Crippen molar-refractivity contribution in [2.45, 2.75) is 75.9 Å². The Labute approximate surface area is 335 Å². The third-order valence-corrected chi connectivity index (χ3v) is 11.3. The molecule has 58 heavy (non-hydrogen) atoms. The summed E-state index contributed by atoms with van der Waals surface area (Å²) in [5, 5.41) is 7.19. The van der Waals surface area contributed by atoms with Crippen LogP contribution in [-0.4, -0.2) is 125 Å². The number of imidazole rings is 2. The molecule has 17 heteroatoms. The van der Waals surface area contributed by atoms with E-state index in [1.54, 1.807) is 29.8 Å². The zero-order chi connectivity index (χ0) is 41.1. The van der Waals surface area contributed by atoms with Gasteiger partial charge in [-0.3, -0.25) is 14.6 Å². The number of nitrogens with one attached hydrogen (secondary N) is 4. The lowest BCUT2D eigenvalue weighted by atomic mass is 10.0. The molecule has 0 aliphatic carbocycles. The fraction of sp³-hybridized carbons (Fsp3) is 0.439. The second-order valence-electron chi connectivity index (χ2n) is 14.7. The Morgan fingerprint density at radius 2 is 1.31 bits per heavy atom. The third-order valence-electron chi connectivity index (χ3n) is 11.3. The first-order valence-corrected chi connectivity index (χ1v) is 19.3. The average Bonchev–Trinajstić information content (AvgIpc) is 4.09. The van der Waals surface area contributed by atoms with Crippen LogP contribution < -0.4 is 10.6 Å². The number of pyridine rings is 1. The van der Waals surface area contributed by atoms with Crippen LogP contribution in [0.2, 0.25) is 0 Å². The number of H-pyrrole nitrogens is 2. The molecule has 5 aromatic rings. The van der Waals surface area contributed by atoms with E-state index in [9.17, 15) is 19.2 Å². The van der Waals surface area contributed by atoms with E-state index in [0.29, 0.717) is 24.7 Å². The summed E-state index contributed by atoms with van der Waals surface area (Å²) in [7, 11) is 5.50. The van der Waals surface area contributed by atoms with E-state index < -0.39 is 36.5 Å². The Bertz CT molecular complexity index is 2310. The number of methoxy groups -OCH3 is 4. The Hall–Kier alpha value is -6.07. The number of hydrogen-bond donors (Lipinski definition) is 4. The van der Waals surface area contributed by atoms with Gasteiger partial charge < -0.3 is 49.3 Å². The summed E-state index contributed by atoms with van der Waals surface area (Å²) in [5.74, 6) is 0.824. The maximum Gasteiger partial charge on any atom is 0.407 e. The van der Waals surface area contributed by atoms with Gasteiger partial charge in [0, 0.05) is 50.0 Å². The molecular weight excluding hydrogens is 747 g/mol. The average molecular weight is 796 g/mol.